The first-order valence-electron chi connectivity index (χ1n) is 7.30. The van der Waals surface area contributed by atoms with Gasteiger partial charge < -0.3 is 19.5 Å². The second-order valence-electron chi connectivity index (χ2n) is 6.07. The van der Waals surface area contributed by atoms with Crippen LogP contribution in [-0.4, -0.2) is 40.3 Å². The summed E-state index contributed by atoms with van der Waals surface area (Å²) in [5.41, 5.74) is 0. The Bertz CT molecular complexity index is 552. The molecule has 1 aliphatic carbocycles. The highest BCUT2D eigenvalue weighted by Crippen LogP contribution is 2.39. The van der Waals surface area contributed by atoms with Crippen LogP contribution in [0.2, 0.25) is 0 Å². The van der Waals surface area contributed by atoms with E-state index in [1.165, 1.54) is 7.11 Å². The standard InChI is InChI=1S/C15H21NO6/c1-7(2)13(11-6-12(21-3)16-22-11)14(18)9-4-8(17)5-10(9)15(19)20/h6-10,13,17H,4-5H2,1-3H3,(H,19,20)/t8?,9?,10-,13?/m1/s1. The Kier molecular flexibility index (Phi) is 4.85. The zero-order valence-electron chi connectivity index (χ0n) is 12.9. The molecule has 0 spiro atoms. The second-order valence-corrected chi connectivity index (χ2v) is 6.07. The van der Waals surface area contributed by atoms with Crippen LogP contribution < -0.4 is 4.74 Å². The molecular formula is C15H21NO6. The van der Waals surface area contributed by atoms with Crippen molar-refractivity contribution in [3.05, 3.63) is 11.8 Å². The van der Waals surface area contributed by atoms with Gasteiger partial charge in [-0.15, -0.1) is 0 Å². The summed E-state index contributed by atoms with van der Waals surface area (Å²) in [5.74, 6) is -2.89. The van der Waals surface area contributed by atoms with Crippen LogP contribution >= 0.6 is 0 Å². The van der Waals surface area contributed by atoms with Crippen LogP contribution in [0.5, 0.6) is 5.88 Å². The molecule has 0 radical (unpaired) electrons. The van der Waals surface area contributed by atoms with Crippen LogP contribution in [0.4, 0.5) is 0 Å². The number of carbonyl (C=O) groups is 2. The molecular weight excluding hydrogens is 290 g/mol. The van der Waals surface area contributed by atoms with E-state index in [2.05, 4.69) is 5.16 Å². The maximum absolute atomic E-state index is 12.8. The second kappa shape index (κ2) is 6.48. The molecule has 2 rings (SSSR count). The van der Waals surface area contributed by atoms with Gasteiger partial charge in [-0.1, -0.05) is 13.8 Å². The molecule has 1 fully saturated rings. The summed E-state index contributed by atoms with van der Waals surface area (Å²) in [7, 11) is 1.45. The number of aromatic nitrogens is 1. The van der Waals surface area contributed by atoms with E-state index in [4.69, 9.17) is 9.26 Å². The molecule has 7 nitrogen and oxygen atoms in total. The largest absolute Gasteiger partial charge is 0.481 e. The Morgan fingerprint density at radius 3 is 2.50 bits per heavy atom. The van der Waals surface area contributed by atoms with E-state index < -0.39 is 29.8 Å². The smallest absolute Gasteiger partial charge is 0.307 e. The number of rotatable bonds is 6. The number of aliphatic hydroxyl groups excluding tert-OH is 1. The summed E-state index contributed by atoms with van der Waals surface area (Å²) in [5, 5.41) is 22.7. The van der Waals surface area contributed by atoms with E-state index in [9.17, 15) is 19.8 Å². The number of carboxylic acid groups (broad SMARTS) is 1. The molecule has 3 unspecified atom stereocenters. The molecule has 4 atom stereocenters. The zero-order valence-corrected chi connectivity index (χ0v) is 12.9. The van der Waals surface area contributed by atoms with Gasteiger partial charge in [0.05, 0.1) is 25.0 Å². The minimum atomic E-state index is -1.05. The molecule has 2 N–H and O–H groups in total. The average Bonchev–Trinajstić information content (AvgIpc) is 3.05. The van der Waals surface area contributed by atoms with E-state index in [-0.39, 0.29) is 30.4 Å². The molecule has 0 amide bonds. The molecule has 1 aromatic rings. The van der Waals surface area contributed by atoms with Gasteiger partial charge in [-0.3, -0.25) is 9.59 Å². The Hall–Kier alpha value is -1.89. The number of hydrogen-bond donors (Lipinski definition) is 2. The topological polar surface area (TPSA) is 110 Å². The first-order chi connectivity index (χ1) is 10.3. The Balaban J connectivity index is 2.28. The van der Waals surface area contributed by atoms with Crippen LogP contribution in [0, 0.1) is 17.8 Å². The van der Waals surface area contributed by atoms with Crippen molar-refractivity contribution >= 4 is 11.8 Å². The number of carbonyl (C=O) groups excluding carboxylic acids is 1. The molecule has 0 bridgehead atoms. The lowest BCUT2D eigenvalue weighted by Gasteiger charge is -2.22. The minimum absolute atomic E-state index is 0.0858. The molecule has 7 heteroatoms. The Morgan fingerprint density at radius 1 is 1.36 bits per heavy atom. The lowest BCUT2D eigenvalue weighted by Crippen LogP contribution is -2.31. The lowest BCUT2D eigenvalue weighted by atomic mass is 9.79. The van der Waals surface area contributed by atoms with Gasteiger partial charge in [0.15, 0.2) is 5.76 Å². The number of ether oxygens (including phenoxy) is 1. The summed E-state index contributed by atoms with van der Waals surface area (Å²) >= 11 is 0. The van der Waals surface area contributed by atoms with Crippen molar-refractivity contribution in [2.24, 2.45) is 17.8 Å². The molecule has 0 aliphatic heterocycles. The number of aliphatic hydroxyl groups is 1. The van der Waals surface area contributed by atoms with Crippen LogP contribution in [0.15, 0.2) is 10.6 Å². The van der Waals surface area contributed by atoms with Crippen molar-refractivity contribution in [2.75, 3.05) is 7.11 Å². The SMILES string of the molecule is COc1cc(C(C(=O)C2CC(O)C[C@H]2C(=O)O)C(C)C)on1. The summed E-state index contributed by atoms with van der Waals surface area (Å²) in [6.45, 7) is 3.72. The van der Waals surface area contributed by atoms with Crippen molar-refractivity contribution in [1.29, 1.82) is 0 Å². The van der Waals surface area contributed by atoms with Crippen molar-refractivity contribution in [1.82, 2.24) is 5.16 Å². The number of hydrogen-bond acceptors (Lipinski definition) is 6. The van der Waals surface area contributed by atoms with Crippen LogP contribution in [0.25, 0.3) is 0 Å². The fourth-order valence-electron chi connectivity index (χ4n) is 3.14. The number of Topliss-reactive ketones (excluding diaryl/α,β-unsaturated/α-hetero) is 1. The molecule has 22 heavy (non-hydrogen) atoms. The van der Waals surface area contributed by atoms with Crippen LogP contribution in [0.1, 0.15) is 38.4 Å². The van der Waals surface area contributed by atoms with Crippen molar-refractivity contribution in [3.63, 3.8) is 0 Å². The lowest BCUT2D eigenvalue weighted by molar-refractivity contribution is -0.146. The molecule has 0 aromatic carbocycles. The summed E-state index contributed by atoms with van der Waals surface area (Å²) in [6, 6.07) is 1.55. The fourth-order valence-corrected chi connectivity index (χ4v) is 3.14. The third kappa shape index (κ3) is 3.14. The summed E-state index contributed by atoms with van der Waals surface area (Å²) in [4.78, 5) is 24.2. The predicted molar refractivity (Wildman–Crippen MR) is 75.5 cm³/mol. The van der Waals surface area contributed by atoms with E-state index in [1.807, 2.05) is 13.8 Å². The third-order valence-corrected chi connectivity index (χ3v) is 4.22. The van der Waals surface area contributed by atoms with Gasteiger partial charge in [-0.05, 0) is 23.9 Å². The van der Waals surface area contributed by atoms with Crippen LogP contribution in [0.3, 0.4) is 0 Å². The maximum Gasteiger partial charge on any atom is 0.307 e. The molecule has 1 aromatic heterocycles. The summed E-state index contributed by atoms with van der Waals surface area (Å²) in [6.07, 6.45) is -0.479. The monoisotopic (exact) mass is 311 g/mol. The van der Waals surface area contributed by atoms with Gasteiger partial charge in [0, 0.05) is 12.0 Å². The van der Waals surface area contributed by atoms with E-state index in [0.717, 1.165) is 0 Å². The van der Waals surface area contributed by atoms with Gasteiger partial charge in [0.1, 0.15) is 5.78 Å². The summed E-state index contributed by atoms with van der Waals surface area (Å²) < 4.78 is 10.1. The number of ketones is 1. The van der Waals surface area contributed by atoms with Crippen LogP contribution in [-0.2, 0) is 9.59 Å². The van der Waals surface area contributed by atoms with Gasteiger partial charge in [-0.2, -0.15) is 0 Å². The van der Waals surface area contributed by atoms with E-state index in [1.54, 1.807) is 6.07 Å². The van der Waals surface area contributed by atoms with Gasteiger partial charge in [-0.25, -0.2) is 0 Å². The highest BCUT2D eigenvalue weighted by molar-refractivity contribution is 5.91. The Morgan fingerprint density at radius 2 is 2.00 bits per heavy atom. The van der Waals surface area contributed by atoms with Crippen molar-refractivity contribution < 1.29 is 29.1 Å². The molecule has 1 saturated carbocycles. The van der Waals surface area contributed by atoms with Crippen molar-refractivity contribution in [3.8, 4) is 5.88 Å². The minimum Gasteiger partial charge on any atom is -0.481 e. The number of nitrogens with zero attached hydrogens (tertiary/aromatic N) is 1. The van der Waals surface area contributed by atoms with Gasteiger partial charge in [0.2, 0.25) is 0 Å². The molecule has 1 heterocycles. The quantitative estimate of drug-likeness (QED) is 0.818. The number of aliphatic carboxylic acids is 1. The first kappa shape index (κ1) is 16.5. The predicted octanol–water partition coefficient (Wildman–Crippen LogP) is 1.46. The molecule has 122 valence electrons. The maximum atomic E-state index is 12.8. The zero-order chi connectivity index (χ0) is 16.4. The molecule has 1 aliphatic rings. The highest BCUT2D eigenvalue weighted by atomic mass is 16.5. The average molecular weight is 311 g/mol. The number of methoxy groups -OCH3 is 1. The highest BCUT2D eigenvalue weighted by Gasteiger charge is 2.45. The van der Waals surface area contributed by atoms with Crippen molar-refractivity contribution in [2.45, 2.75) is 38.7 Å². The van der Waals surface area contributed by atoms with E-state index >= 15 is 0 Å². The normalized spacial score (nSPS) is 26.1. The third-order valence-electron chi connectivity index (χ3n) is 4.22. The number of carboxylic acids is 1. The van der Waals surface area contributed by atoms with E-state index in [0.29, 0.717) is 5.76 Å². The molecule has 0 saturated heterocycles. The van der Waals surface area contributed by atoms with Gasteiger partial charge >= 0.3 is 5.97 Å². The fraction of sp³-hybridized carbons (Fsp3) is 0.667. The first-order valence-corrected chi connectivity index (χ1v) is 7.30. The van der Waals surface area contributed by atoms with Gasteiger partial charge in [0.25, 0.3) is 5.88 Å². The Labute approximate surface area is 128 Å².